The van der Waals surface area contributed by atoms with Gasteiger partial charge in [-0.2, -0.15) is 0 Å². The fourth-order valence-electron chi connectivity index (χ4n) is 4.73. The number of esters is 3. The highest BCUT2D eigenvalue weighted by molar-refractivity contribution is 5.92. The van der Waals surface area contributed by atoms with E-state index < -0.39 is 42.3 Å². The first kappa shape index (κ1) is 38.0. The Balaban J connectivity index is 3.89. The van der Waals surface area contributed by atoms with E-state index in [2.05, 4.69) is 11.7 Å². The number of hydrogen-bond acceptors (Lipinski definition) is 7. The average Bonchev–Trinajstić information content (AvgIpc) is 2.89. The molecule has 0 saturated heterocycles. The number of carboxylic acids is 1. The molecule has 2 N–H and O–H groups in total. The largest absolute Gasteiger partial charge is 0.481 e. The second-order valence-electron chi connectivity index (χ2n) is 11.2. The van der Waals surface area contributed by atoms with Crippen LogP contribution < -0.4 is 0 Å². The van der Waals surface area contributed by atoms with Crippen molar-refractivity contribution in [2.75, 3.05) is 6.61 Å². The maximum Gasteiger partial charge on any atom is 0.339 e. The zero-order valence-electron chi connectivity index (χ0n) is 25.5. The molecule has 0 rings (SSSR count). The third-order valence-corrected chi connectivity index (χ3v) is 7.20. The quantitative estimate of drug-likeness (QED) is 0.0554. The maximum absolute atomic E-state index is 12.4. The van der Waals surface area contributed by atoms with Gasteiger partial charge in [0.25, 0.3) is 0 Å². The van der Waals surface area contributed by atoms with E-state index in [1.807, 2.05) is 6.92 Å². The van der Waals surface area contributed by atoms with Crippen molar-refractivity contribution >= 4 is 23.9 Å². The van der Waals surface area contributed by atoms with Gasteiger partial charge in [0.2, 0.25) is 0 Å². The van der Waals surface area contributed by atoms with Crippen LogP contribution in [0.25, 0.3) is 0 Å². The standard InChI is InChI=1S/C32H58O8/c1-3-5-7-8-9-10-11-12-13-14-15-16-17-18-19-20-21-23-25-39-31(37)32(38,26-28(33)34)27-30(36)40-29(35)24-22-6-4-2/h38H,3-27H2,1-2H3,(H,33,34). The van der Waals surface area contributed by atoms with E-state index in [0.29, 0.717) is 12.8 Å². The molecule has 0 aromatic heterocycles. The van der Waals surface area contributed by atoms with E-state index in [-0.39, 0.29) is 13.0 Å². The molecule has 0 aliphatic heterocycles. The molecule has 0 aliphatic carbocycles. The van der Waals surface area contributed by atoms with Crippen molar-refractivity contribution in [2.24, 2.45) is 0 Å². The number of carbonyl (C=O) groups excluding carboxylic acids is 3. The van der Waals surface area contributed by atoms with Gasteiger partial charge in [-0.25, -0.2) is 4.79 Å². The molecule has 0 amide bonds. The molecule has 0 saturated carbocycles. The Morgan fingerprint density at radius 1 is 0.550 bits per heavy atom. The number of hydrogen-bond donors (Lipinski definition) is 2. The summed E-state index contributed by atoms with van der Waals surface area (Å²) in [7, 11) is 0. The van der Waals surface area contributed by atoms with Gasteiger partial charge in [-0.3, -0.25) is 14.4 Å². The number of ether oxygens (including phenoxy) is 2. The molecule has 0 heterocycles. The van der Waals surface area contributed by atoms with Crippen LogP contribution in [-0.4, -0.2) is 46.3 Å². The molecule has 40 heavy (non-hydrogen) atoms. The Labute approximate surface area is 243 Å². The van der Waals surface area contributed by atoms with E-state index in [0.717, 1.165) is 32.1 Å². The summed E-state index contributed by atoms with van der Waals surface area (Å²) in [5.41, 5.74) is -2.57. The molecule has 0 aliphatic rings. The Kier molecular flexibility index (Phi) is 24.7. The van der Waals surface area contributed by atoms with Gasteiger partial charge in [0, 0.05) is 6.42 Å². The van der Waals surface area contributed by atoms with Crippen molar-refractivity contribution in [2.45, 2.75) is 174 Å². The second-order valence-corrected chi connectivity index (χ2v) is 11.2. The highest BCUT2D eigenvalue weighted by Gasteiger charge is 2.43. The number of rotatable bonds is 28. The number of carbonyl (C=O) groups is 4. The van der Waals surface area contributed by atoms with Crippen LogP contribution in [0.1, 0.15) is 168 Å². The number of aliphatic hydroxyl groups is 1. The molecular formula is C32H58O8. The van der Waals surface area contributed by atoms with Crippen LogP contribution in [0.15, 0.2) is 0 Å². The monoisotopic (exact) mass is 570 g/mol. The van der Waals surface area contributed by atoms with Gasteiger partial charge in [0.15, 0.2) is 5.60 Å². The van der Waals surface area contributed by atoms with Crippen LogP contribution >= 0.6 is 0 Å². The van der Waals surface area contributed by atoms with Crippen LogP contribution in [0, 0.1) is 0 Å². The minimum Gasteiger partial charge on any atom is -0.481 e. The van der Waals surface area contributed by atoms with Gasteiger partial charge in [0.1, 0.15) is 0 Å². The van der Waals surface area contributed by atoms with E-state index in [1.54, 1.807) is 0 Å². The number of unbranched alkanes of at least 4 members (excludes halogenated alkanes) is 19. The summed E-state index contributed by atoms with van der Waals surface area (Å²) in [5.74, 6) is -4.55. The second kappa shape index (κ2) is 26.0. The van der Waals surface area contributed by atoms with Gasteiger partial charge in [-0.1, -0.05) is 136 Å². The normalized spacial score (nSPS) is 12.6. The van der Waals surface area contributed by atoms with Crippen LogP contribution in [0.4, 0.5) is 0 Å². The topological polar surface area (TPSA) is 127 Å². The predicted molar refractivity (Wildman–Crippen MR) is 157 cm³/mol. The molecule has 0 spiro atoms. The highest BCUT2D eigenvalue weighted by Crippen LogP contribution is 2.20. The molecule has 8 nitrogen and oxygen atoms in total. The van der Waals surface area contributed by atoms with Gasteiger partial charge in [0.05, 0.1) is 19.4 Å². The summed E-state index contributed by atoms with van der Waals surface area (Å²) in [6, 6.07) is 0. The smallest absolute Gasteiger partial charge is 0.339 e. The third-order valence-electron chi connectivity index (χ3n) is 7.20. The van der Waals surface area contributed by atoms with Gasteiger partial charge < -0.3 is 19.7 Å². The van der Waals surface area contributed by atoms with Crippen LogP contribution in [0.5, 0.6) is 0 Å². The Bertz CT molecular complexity index is 678. The Hall–Kier alpha value is -1.96. The molecule has 234 valence electrons. The first-order chi connectivity index (χ1) is 19.2. The van der Waals surface area contributed by atoms with Gasteiger partial charge in [-0.15, -0.1) is 0 Å². The lowest BCUT2D eigenvalue weighted by molar-refractivity contribution is -0.178. The van der Waals surface area contributed by atoms with Crippen molar-refractivity contribution in [1.82, 2.24) is 0 Å². The van der Waals surface area contributed by atoms with Crippen LogP contribution in [-0.2, 0) is 28.7 Å². The summed E-state index contributed by atoms with van der Waals surface area (Å²) < 4.78 is 9.71. The first-order valence-corrected chi connectivity index (χ1v) is 16.1. The lowest BCUT2D eigenvalue weighted by Crippen LogP contribution is -2.44. The summed E-state index contributed by atoms with van der Waals surface area (Å²) in [5, 5.41) is 19.6. The van der Waals surface area contributed by atoms with E-state index >= 15 is 0 Å². The van der Waals surface area contributed by atoms with Crippen molar-refractivity contribution in [3.63, 3.8) is 0 Å². The maximum atomic E-state index is 12.4. The summed E-state index contributed by atoms with van der Waals surface area (Å²) in [6.45, 7) is 4.26. The van der Waals surface area contributed by atoms with Gasteiger partial charge >= 0.3 is 23.9 Å². The summed E-state index contributed by atoms with van der Waals surface area (Å²) in [6.07, 6.45) is 22.7. The molecular weight excluding hydrogens is 512 g/mol. The zero-order valence-corrected chi connectivity index (χ0v) is 25.5. The summed E-state index contributed by atoms with van der Waals surface area (Å²) in [4.78, 5) is 47.3. The molecule has 1 unspecified atom stereocenters. The van der Waals surface area contributed by atoms with E-state index in [1.165, 1.54) is 89.9 Å². The van der Waals surface area contributed by atoms with Gasteiger partial charge in [-0.05, 0) is 12.8 Å². The van der Waals surface area contributed by atoms with Crippen molar-refractivity contribution < 1.29 is 38.9 Å². The molecule has 1 atom stereocenters. The molecule has 0 fully saturated rings. The Morgan fingerprint density at radius 3 is 1.38 bits per heavy atom. The highest BCUT2D eigenvalue weighted by atomic mass is 16.6. The predicted octanol–water partition coefficient (Wildman–Crippen LogP) is 7.82. The fourth-order valence-corrected chi connectivity index (χ4v) is 4.73. The minimum atomic E-state index is -2.57. The third kappa shape index (κ3) is 22.8. The van der Waals surface area contributed by atoms with Crippen molar-refractivity contribution in [3.05, 3.63) is 0 Å². The molecule has 0 radical (unpaired) electrons. The fraction of sp³-hybridized carbons (Fsp3) is 0.875. The van der Waals surface area contributed by atoms with Crippen molar-refractivity contribution in [3.8, 4) is 0 Å². The molecule has 0 bridgehead atoms. The molecule has 0 aromatic carbocycles. The van der Waals surface area contributed by atoms with E-state index in [9.17, 15) is 24.3 Å². The molecule has 0 aromatic rings. The van der Waals surface area contributed by atoms with Crippen LogP contribution in [0.3, 0.4) is 0 Å². The van der Waals surface area contributed by atoms with Crippen LogP contribution in [0.2, 0.25) is 0 Å². The first-order valence-electron chi connectivity index (χ1n) is 16.1. The summed E-state index contributed by atoms with van der Waals surface area (Å²) >= 11 is 0. The lowest BCUT2D eigenvalue weighted by Gasteiger charge is -2.23. The van der Waals surface area contributed by atoms with Crippen molar-refractivity contribution in [1.29, 1.82) is 0 Å². The lowest BCUT2D eigenvalue weighted by atomic mass is 9.95. The number of aliphatic carboxylic acids is 1. The average molecular weight is 571 g/mol. The SMILES string of the molecule is CCCCCCCCCCCCCCCCCCCCOC(=O)C(O)(CC(=O)O)CC(=O)OC(=O)CCCCC. The van der Waals surface area contributed by atoms with E-state index in [4.69, 9.17) is 9.84 Å². The number of carboxylic acid groups (broad SMARTS) is 1. The minimum absolute atomic E-state index is 0.0322. The Morgan fingerprint density at radius 2 is 0.950 bits per heavy atom. The zero-order chi connectivity index (χ0) is 29.9. The molecule has 8 heteroatoms.